The van der Waals surface area contributed by atoms with Crippen molar-refractivity contribution in [1.82, 2.24) is 15.2 Å². The Labute approximate surface area is 185 Å². The molecule has 11 heteroatoms. The van der Waals surface area contributed by atoms with Gasteiger partial charge in [0.05, 0.1) is 19.2 Å². The highest BCUT2D eigenvalue weighted by molar-refractivity contribution is 7.11. The van der Waals surface area contributed by atoms with Gasteiger partial charge in [-0.05, 0) is 12.1 Å². The first kappa shape index (κ1) is 21.8. The Morgan fingerprint density at radius 1 is 1.45 bits per heavy atom. The second kappa shape index (κ2) is 8.60. The van der Waals surface area contributed by atoms with Gasteiger partial charge in [0.15, 0.2) is 10.8 Å². The zero-order chi connectivity index (χ0) is 22.2. The van der Waals surface area contributed by atoms with E-state index in [-0.39, 0.29) is 30.1 Å². The molecule has 4 rings (SSSR count). The Morgan fingerprint density at radius 2 is 2.26 bits per heavy atom. The third-order valence-electron chi connectivity index (χ3n) is 5.05. The maximum atomic E-state index is 13.7. The summed E-state index contributed by atoms with van der Waals surface area (Å²) in [6, 6.07) is 2.88. The Hall–Kier alpha value is -2.43. The lowest BCUT2D eigenvalue weighted by atomic mass is 9.95. The van der Waals surface area contributed by atoms with Crippen molar-refractivity contribution in [2.24, 2.45) is 4.99 Å². The zero-order valence-corrected chi connectivity index (χ0v) is 17.9. The molecule has 0 spiro atoms. The van der Waals surface area contributed by atoms with E-state index in [4.69, 9.17) is 16.3 Å². The molecule has 1 aromatic heterocycles. The van der Waals surface area contributed by atoms with E-state index < -0.39 is 30.3 Å². The van der Waals surface area contributed by atoms with Gasteiger partial charge in [-0.15, -0.1) is 11.3 Å². The molecule has 2 aromatic rings. The summed E-state index contributed by atoms with van der Waals surface area (Å²) in [5, 5.41) is 5.48. The molecule has 164 valence electrons. The summed E-state index contributed by atoms with van der Waals surface area (Å²) >= 11 is 7.60. The van der Waals surface area contributed by atoms with Crippen molar-refractivity contribution in [3.05, 3.63) is 62.5 Å². The van der Waals surface area contributed by atoms with Crippen LogP contribution in [0, 0.1) is 5.82 Å². The van der Waals surface area contributed by atoms with Crippen molar-refractivity contribution in [3.63, 3.8) is 0 Å². The van der Waals surface area contributed by atoms with E-state index in [1.54, 1.807) is 16.5 Å². The lowest BCUT2D eigenvalue weighted by Gasteiger charge is -2.29. The van der Waals surface area contributed by atoms with Crippen LogP contribution in [0.1, 0.15) is 23.0 Å². The number of aliphatic imine (C=N–C) groups is 1. The number of rotatable bonds is 5. The van der Waals surface area contributed by atoms with Gasteiger partial charge in [0.2, 0.25) is 0 Å². The van der Waals surface area contributed by atoms with E-state index in [9.17, 15) is 18.0 Å². The van der Waals surface area contributed by atoms with Crippen LogP contribution in [0.15, 0.2) is 46.0 Å². The van der Waals surface area contributed by atoms with Gasteiger partial charge in [-0.3, -0.25) is 9.89 Å². The second-order valence-corrected chi connectivity index (χ2v) is 8.51. The van der Waals surface area contributed by atoms with Crippen molar-refractivity contribution in [2.45, 2.75) is 18.4 Å². The summed E-state index contributed by atoms with van der Waals surface area (Å²) < 4.78 is 46.1. The fourth-order valence-electron chi connectivity index (χ4n) is 3.63. The lowest BCUT2D eigenvalue weighted by Crippen LogP contribution is -2.39. The number of thiazole rings is 1. The molecule has 3 heterocycles. The summed E-state index contributed by atoms with van der Waals surface area (Å²) in [5.74, 6) is -3.63. The third kappa shape index (κ3) is 4.60. The normalized spacial score (nSPS) is 21.1. The highest BCUT2D eigenvalue weighted by Gasteiger charge is 2.40. The average Bonchev–Trinajstić information content (AvgIpc) is 3.36. The number of amidine groups is 1. The number of esters is 1. The van der Waals surface area contributed by atoms with Crippen LogP contribution in [-0.2, 0) is 9.53 Å². The number of alkyl halides is 2. The quantitative estimate of drug-likeness (QED) is 0.673. The molecule has 0 bridgehead atoms. The molecule has 1 atom stereocenters. The number of methoxy groups -OCH3 is 1. The largest absolute Gasteiger partial charge is 0.466 e. The minimum atomic E-state index is -2.79. The van der Waals surface area contributed by atoms with Crippen LogP contribution < -0.4 is 5.32 Å². The smallest absolute Gasteiger partial charge is 0.338 e. The van der Waals surface area contributed by atoms with Crippen molar-refractivity contribution < 1.29 is 22.7 Å². The van der Waals surface area contributed by atoms with Crippen LogP contribution in [0.25, 0.3) is 0 Å². The number of ether oxygens (including phenoxy) is 1. The number of halogens is 4. The minimum Gasteiger partial charge on any atom is -0.466 e. The Bertz CT molecular complexity index is 1060. The van der Waals surface area contributed by atoms with E-state index in [0.29, 0.717) is 22.1 Å². The number of hydrogen-bond acceptors (Lipinski definition) is 7. The Balaban J connectivity index is 1.81. The first-order chi connectivity index (χ1) is 14.8. The molecule has 1 fully saturated rings. The van der Waals surface area contributed by atoms with Crippen LogP contribution >= 0.6 is 22.9 Å². The molecule has 1 aromatic carbocycles. The monoisotopic (exact) mass is 470 g/mol. The first-order valence-corrected chi connectivity index (χ1v) is 10.6. The number of carbonyl (C=O) groups is 1. The van der Waals surface area contributed by atoms with E-state index in [1.165, 1.54) is 30.6 Å². The predicted octanol–water partition coefficient (Wildman–Crippen LogP) is 3.79. The van der Waals surface area contributed by atoms with Crippen LogP contribution in [0.3, 0.4) is 0 Å². The summed E-state index contributed by atoms with van der Waals surface area (Å²) in [6.07, 6.45) is 1.35. The maximum Gasteiger partial charge on any atom is 0.338 e. The van der Waals surface area contributed by atoms with Gasteiger partial charge in [-0.25, -0.2) is 22.9 Å². The van der Waals surface area contributed by atoms with Gasteiger partial charge in [-0.2, -0.15) is 0 Å². The standard InChI is InChI=1S/C20H18ClF3N4O2S/c1-30-19(29)15-14(9-28-6-4-20(23,24)10-28)26-17(18-25-5-7-31-18)27-16(15)12-3-2-11(22)8-13(12)21/h2-3,5,7-8,16H,4,6,9-10H2,1H3,(H,26,27)/t16-/m0/s1. The zero-order valence-electron chi connectivity index (χ0n) is 16.4. The lowest BCUT2D eigenvalue weighted by molar-refractivity contribution is -0.136. The highest BCUT2D eigenvalue weighted by atomic mass is 35.5. The van der Waals surface area contributed by atoms with Gasteiger partial charge in [0, 0.05) is 47.4 Å². The van der Waals surface area contributed by atoms with E-state index in [2.05, 4.69) is 15.3 Å². The molecule has 0 radical (unpaired) electrons. The van der Waals surface area contributed by atoms with Crippen molar-refractivity contribution in [1.29, 1.82) is 0 Å². The van der Waals surface area contributed by atoms with Gasteiger partial charge in [0.25, 0.3) is 5.92 Å². The van der Waals surface area contributed by atoms with E-state index in [1.807, 2.05) is 0 Å². The minimum absolute atomic E-state index is 0.0553. The summed E-state index contributed by atoms with van der Waals surface area (Å²) in [6.45, 7) is -0.184. The molecular formula is C20H18ClF3N4O2S. The average molecular weight is 471 g/mol. The molecule has 0 unspecified atom stereocenters. The van der Waals surface area contributed by atoms with Crippen molar-refractivity contribution in [2.75, 3.05) is 26.7 Å². The summed E-state index contributed by atoms with van der Waals surface area (Å²) in [5.41, 5.74) is 0.893. The molecule has 0 amide bonds. The number of nitrogens with one attached hydrogen (secondary N) is 1. The number of aromatic nitrogens is 1. The summed E-state index contributed by atoms with van der Waals surface area (Å²) in [7, 11) is 1.22. The van der Waals surface area contributed by atoms with Gasteiger partial charge < -0.3 is 10.1 Å². The molecule has 0 saturated carbocycles. The molecule has 31 heavy (non-hydrogen) atoms. The highest BCUT2D eigenvalue weighted by Crippen LogP contribution is 2.37. The summed E-state index contributed by atoms with van der Waals surface area (Å²) in [4.78, 5) is 23.2. The Kier molecular flexibility index (Phi) is 6.05. The Morgan fingerprint density at radius 3 is 2.87 bits per heavy atom. The molecule has 2 aliphatic rings. The van der Waals surface area contributed by atoms with Gasteiger partial charge in [0.1, 0.15) is 11.9 Å². The van der Waals surface area contributed by atoms with Gasteiger partial charge >= 0.3 is 5.97 Å². The van der Waals surface area contributed by atoms with Crippen LogP contribution in [0.4, 0.5) is 13.2 Å². The molecule has 2 aliphatic heterocycles. The van der Waals surface area contributed by atoms with Crippen LogP contribution in [-0.4, -0.2) is 54.4 Å². The number of likely N-dealkylation sites (tertiary alicyclic amines) is 1. The molecule has 6 nitrogen and oxygen atoms in total. The van der Waals surface area contributed by atoms with Crippen molar-refractivity contribution in [3.8, 4) is 0 Å². The third-order valence-corrected chi connectivity index (χ3v) is 6.16. The first-order valence-electron chi connectivity index (χ1n) is 9.38. The topological polar surface area (TPSA) is 66.8 Å². The predicted molar refractivity (Wildman–Crippen MR) is 111 cm³/mol. The second-order valence-electron chi connectivity index (χ2n) is 7.21. The van der Waals surface area contributed by atoms with E-state index >= 15 is 0 Å². The van der Waals surface area contributed by atoms with E-state index in [0.717, 1.165) is 6.07 Å². The van der Waals surface area contributed by atoms with Gasteiger partial charge in [-0.1, -0.05) is 17.7 Å². The maximum absolute atomic E-state index is 13.7. The number of hydrogen-bond donors (Lipinski definition) is 1. The molecule has 1 N–H and O–H groups in total. The number of nitrogens with zero attached hydrogens (tertiary/aromatic N) is 3. The fourth-order valence-corrected chi connectivity index (χ4v) is 4.49. The number of benzene rings is 1. The SMILES string of the molecule is COC(=O)C1=C(CN2CCC(F)(F)C2)NC(c2nccs2)=N[C@H]1c1ccc(F)cc1Cl. The van der Waals surface area contributed by atoms with Crippen molar-refractivity contribution >= 4 is 34.7 Å². The molecule has 0 aliphatic carbocycles. The van der Waals surface area contributed by atoms with Crippen LogP contribution in [0.5, 0.6) is 0 Å². The molecule has 1 saturated heterocycles. The number of carbonyl (C=O) groups excluding carboxylic acids is 1. The molecular weight excluding hydrogens is 453 g/mol. The fraction of sp³-hybridized carbons (Fsp3) is 0.350. The van der Waals surface area contributed by atoms with Crippen LogP contribution in [0.2, 0.25) is 5.02 Å².